The van der Waals surface area contributed by atoms with E-state index in [1.165, 1.54) is 11.1 Å². The molecule has 1 heterocycles. The van der Waals surface area contributed by atoms with Gasteiger partial charge < -0.3 is 4.74 Å². The van der Waals surface area contributed by atoms with E-state index in [1.807, 2.05) is 19.1 Å². The van der Waals surface area contributed by atoms with Gasteiger partial charge in [0.2, 0.25) is 5.88 Å². The van der Waals surface area contributed by atoms with Crippen molar-refractivity contribution in [3.63, 3.8) is 0 Å². The molecule has 1 aromatic heterocycles. The first-order valence-corrected chi connectivity index (χ1v) is 8.05. The van der Waals surface area contributed by atoms with E-state index >= 15 is 0 Å². The second-order valence-corrected chi connectivity index (χ2v) is 7.11. The number of pyridine rings is 1. The van der Waals surface area contributed by atoms with Crippen LogP contribution in [0.1, 0.15) is 44.5 Å². The number of aryl methyl sites for hydroxylation is 2. The number of aromatic nitrogens is 1. The van der Waals surface area contributed by atoms with Crippen LogP contribution in [0.15, 0.2) is 34.8 Å². The third-order valence-corrected chi connectivity index (χ3v) is 4.31. The van der Waals surface area contributed by atoms with Gasteiger partial charge in [0.25, 0.3) is 0 Å². The first-order chi connectivity index (χ1) is 9.81. The van der Waals surface area contributed by atoms with E-state index in [2.05, 4.69) is 66.8 Å². The predicted octanol–water partition coefficient (Wildman–Crippen LogP) is 5.80. The van der Waals surface area contributed by atoms with Gasteiger partial charge in [0.15, 0.2) is 0 Å². The van der Waals surface area contributed by atoms with Crippen LogP contribution < -0.4 is 4.74 Å². The summed E-state index contributed by atoms with van der Waals surface area (Å²) >= 11 is 3.46. The molecule has 0 aliphatic rings. The van der Waals surface area contributed by atoms with Crippen LogP contribution in [0.3, 0.4) is 0 Å². The topological polar surface area (TPSA) is 22.1 Å². The molecule has 0 atom stereocenters. The number of benzene rings is 1. The molecule has 21 heavy (non-hydrogen) atoms. The third-order valence-electron chi connectivity index (χ3n) is 3.47. The molecule has 0 radical (unpaired) electrons. The fourth-order valence-corrected chi connectivity index (χ4v) is 2.38. The zero-order valence-electron chi connectivity index (χ0n) is 13.3. The molecule has 0 fully saturated rings. The lowest BCUT2D eigenvalue weighted by Gasteiger charge is -2.23. The summed E-state index contributed by atoms with van der Waals surface area (Å²) in [6, 6.07) is 10.3. The molecule has 0 saturated heterocycles. The van der Waals surface area contributed by atoms with Crippen LogP contribution in [-0.2, 0) is 11.8 Å². The minimum Gasteiger partial charge on any atom is -0.439 e. The maximum Gasteiger partial charge on any atom is 0.219 e. The van der Waals surface area contributed by atoms with Crippen molar-refractivity contribution in [1.29, 1.82) is 0 Å². The first-order valence-electron chi connectivity index (χ1n) is 7.25. The lowest BCUT2D eigenvalue weighted by molar-refractivity contribution is 0.438. The molecule has 0 bridgehead atoms. The Bertz CT molecular complexity index is 644. The van der Waals surface area contributed by atoms with Crippen molar-refractivity contribution < 1.29 is 4.74 Å². The van der Waals surface area contributed by atoms with Crippen molar-refractivity contribution in [2.45, 2.75) is 46.5 Å². The highest BCUT2D eigenvalue weighted by Gasteiger charge is 2.20. The van der Waals surface area contributed by atoms with Crippen molar-refractivity contribution in [3.8, 4) is 11.6 Å². The van der Waals surface area contributed by atoms with Gasteiger partial charge >= 0.3 is 0 Å². The minimum absolute atomic E-state index is 0.0327. The lowest BCUT2D eigenvalue weighted by atomic mass is 9.85. The predicted molar refractivity (Wildman–Crippen MR) is 91.3 cm³/mol. The van der Waals surface area contributed by atoms with Gasteiger partial charge in [0, 0.05) is 16.1 Å². The average molecular weight is 348 g/mol. The van der Waals surface area contributed by atoms with Crippen LogP contribution in [0.25, 0.3) is 0 Å². The van der Waals surface area contributed by atoms with Gasteiger partial charge in [0.05, 0.1) is 5.69 Å². The second kappa shape index (κ2) is 6.18. The number of nitrogens with zero attached hydrogens (tertiary/aromatic N) is 1. The highest BCUT2D eigenvalue weighted by Crippen LogP contribution is 2.35. The first kappa shape index (κ1) is 16.0. The van der Waals surface area contributed by atoms with Gasteiger partial charge in [0.1, 0.15) is 5.75 Å². The molecule has 2 rings (SSSR count). The fraction of sp³-hybridized carbons (Fsp3) is 0.389. The van der Waals surface area contributed by atoms with E-state index in [9.17, 15) is 0 Å². The molecule has 112 valence electrons. The lowest BCUT2D eigenvalue weighted by Crippen LogP contribution is -2.13. The summed E-state index contributed by atoms with van der Waals surface area (Å²) in [5.41, 5.74) is 3.50. The van der Waals surface area contributed by atoms with E-state index in [4.69, 9.17) is 4.74 Å². The Hall–Kier alpha value is -1.35. The van der Waals surface area contributed by atoms with Crippen molar-refractivity contribution >= 4 is 15.9 Å². The molecule has 1 aromatic carbocycles. The van der Waals surface area contributed by atoms with Gasteiger partial charge in [-0.25, -0.2) is 4.98 Å². The van der Waals surface area contributed by atoms with Gasteiger partial charge in [-0.2, -0.15) is 0 Å². The quantitative estimate of drug-likeness (QED) is 0.699. The Morgan fingerprint density at radius 1 is 1.14 bits per heavy atom. The smallest absolute Gasteiger partial charge is 0.219 e. The van der Waals surface area contributed by atoms with E-state index < -0.39 is 0 Å². The SMILES string of the molecule is CCc1ccc(Oc2ccc(Br)c(C)n2)c(C(C)(C)C)c1. The summed E-state index contributed by atoms with van der Waals surface area (Å²) in [7, 11) is 0. The van der Waals surface area contributed by atoms with Crippen molar-refractivity contribution in [3.05, 3.63) is 51.6 Å². The van der Waals surface area contributed by atoms with Gasteiger partial charge in [-0.1, -0.05) is 39.8 Å². The van der Waals surface area contributed by atoms with Crippen LogP contribution >= 0.6 is 15.9 Å². The maximum atomic E-state index is 6.04. The number of halogens is 1. The van der Waals surface area contributed by atoms with Crippen LogP contribution in [0.5, 0.6) is 11.6 Å². The number of hydrogen-bond donors (Lipinski definition) is 0. The second-order valence-electron chi connectivity index (χ2n) is 6.25. The van der Waals surface area contributed by atoms with Gasteiger partial charge in [-0.05, 0) is 52.4 Å². The van der Waals surface area contributed by atoms with Gasteiger partial charge in [-0.15, -0.1) is 0 Å². The number of ether oxygens (including phenoxy) is 1. The Balaban J connectivity index is 2.41. The van der Waals surface area contributed by atoms with Crippen LogP contribution in [0.4, 0.5) is 0 Å². The van der Waals surface area contributed by atoms with Gasteiger partial charge in [-0.3, -0.25) is 0 Å². The number of rotatable bonds is 3. The third kappa shape index (κ3) is 3.85. The van der Waals surface area contributed by atoms with Crippen molar-refractivity contribution in [2.75, 3.05) is 0 Å². The molecule has 3 heteroatoms. The van der Waals surface area contributed by atoms with E-state index in [0.717, 1.165) is 22.3 Å². The zero-order valence-corrected chi connectivity index (χ0v) is 14.9. The maximum absolute atomic E-state index is 6.04. The Labute approximate surface area is 135 Å². The standard InChI is InChI=1S/C18H22BrNO/c1-6-13-7-9-16(14(11-13)18(3,4)5)21-17-10-8-15(19)12(2)20-17/h7-11H,6H2,1-5H3. The van der Waals surface area contributed by atoms with Crippen LogP contribution in [0.2, 0.25) is 0 Å². The molecule has 0 aliphatic carbocycles. The molecule has 0 N–H and O–H groups in total. The fourth-order valence-electron chi connectivity index (χ4n) is 2.16. The van der Waals surface area contributed by atoms with E-state index in [-0.39, 0.29) is 5.41 Å². The average Bonchev–Trinajstić information content (AvgIpc) is 2.42. The summed E-state index contributed by atoms with van der Waals surface area (Å²) < 4.78 is 7.03. The van der Waals surface area contributed by atoms with E-state index in [1.54, 1.807) is 0 Å². The molecular formula is C18H22BrNO. The summed E-state index contributed by atoms with van der Waals surface area (Å²) in [5, 5.41) is 0. The molecular weight excluding hydrogens is 326 g/mol. The van der Waals surface area contributed by atoms with Crippen LogP contribution in [0, 0.1) is 6.92 Å². The highest BCUT2D eigenvalue weighted by atomic mass is 79.9. The summed E-state index contributed by atoms with van der Waals surface area (Å²) in [5.74, 6) is 1.51. The Kier molecular flexibility index (Phi) is 4.72. The summed E-state index contributed by atoms with van der Waals surface area (Å²) in [6.07, 6.45) is 1.03. The minimum atomic E-state index is 0.0327. The molecule has 0 aliphatic heterocycles. The zero-order chi connectivity index (χ0) is 15.6. The highest BCUT2D eigenvalue weighted by molar-refractivity contribution is 9.10. The largest absolute Gasteiger partial charge is 0.439 e. The Morgan fingerprint density at radius 3 is 2.43 bits per heavy atom. The molecule has 0 unspecified atom stereocenters. The summed E-state index contributed by atoms with van der Waals surface area (Å²) in [6.45, 7) is 10.7. The molecule has 2 nitrogen and oxygen atoms in total. The van der Waals surface area contributed by atoms with Crippen LogP contribution in [-0.4, -0.2) is 4.98 Å². The normalized spacial score (nSPS) is 11.5. The molecule has 0 amide bonds. The molecule has 0 saturated carbocycles. The monoisotopic (exact) mass is 347 g/mol. The van der Waals surface area contributed by atoms with Crippen molar-refractivity contribution in [2.24, 2.45) is 0 Å². The molecule has 2 aromatic rings. The summed E-state index contributed by atoms with van der Waals surface area (Å²) in [4.78, 5) is 4.46. The van der Waals surface area contributed by atoms with E-state index in [0.29, 0.717) is 5.88 Å². The van der Waals surface area contributed by atoms with Crippen molar-refractivity contribution in [1.82, 2.24) is 4.98 Å². The molecule has 0 spiro atoms. The number of hydrogen-bond acceptors (Lipinski definition) is 2. The Morgan fingerprint density at radius 2 is 1.86 bits per heavy atom.